The van der Waals surface area contributed by atoms with Crippen LogP contribution in [-0.2, 0) is 11.3 Å². The van der Waals surface area contributed by atoms with E-state index in [1.165, 1.54) is 17.8 Å². The number of amides is 1. The molecule has 180 valence electrons. The van der Waals surface area contributed by atoms with Gasteiger partial charge in [0.25, 0.3) is 0 Å². The molecule has 1 atom stereocenters. The third kappa shape index (κ3) is 5.42. The molecule has 2 aliphatic heterocycles. The quantitative estimate of drug-likeness (QED) is 0.495. The van der Waals surface area contributed by atoms with Gasteiger partial charge in [-0.1, -0.05) is 42.5 Å². The summed E-state index contributed by atoms with van der Waals surface area (Å²) >= 11 is 0. The van der Waals surface area contributed by atoms with Gasteiger partial charge in [0.15, 0.2) is 0 Å². The van der Waals surface area contributed by atoms with E-state index < -0.39 is 0 Å². The van der Waals surface area contributed by atoms with Crippen LogP contribution in [0.2, 0.25) is 0 Å². The molecule has 0 radical (unpaired) electrons. The Morgan fingerprint density at radius 1 is 1.06 bits per heavy atom. The molecule has 2 fully saturated rings. The second-order valence-electron chi connectivity index (χ2n) is 9.43. The minimum absolute atomic E-state index is 0.308. The van der Waals surface area contributed by atoms with Crippen LogP contribution in [0.15, 0.2) is 54.6 Å². The third-order valence-electron chi connectivity index (χ3n) is 7.10. The number of likely N-dealkylation sites (tertiary alicyclic amines) is 1. The van der Waals surface area contributed by atoms with Crippen LogP contribution in [0.5, 0.6) is 0 Å². The number of imidazole rings is 1. The summed E-state index contributed by atoms with van der Waals surface area (Å²) in [5.74, 6) is 1.78. The third-order valence-corrected chi connectivity index (χ3v) is 7.10. The number of piperidine rings is 1. The number of rotatable bonds is 8. The van der Waals surface area contributed by atoms with Gasteiger partial charge in [0.2, 0.25) is 0 Å². The van der Waals surface area contributed by atoms with Crippen molar-refractivity contribution in [2.75, 3.05) is 39.3 Å². The lowest BCUT2D eigenvalue weighted by molar-refractivity contribution is 0.138. The van der Waals surface area contributed by atoms with Crippen LogP contribution < -0.4 is 10.6 Å². The monoisotopic (exact) mass is 461 g/mol. The Kier molecular flexibility index (Phi) is 7.41. The van der Waals surface area contributed by atoms with Gasteiger partial charge in [0.05, 0.1) is 11.0 Å². The molecule has 34 heavy (non-hydrogen) atoms. The first-order valence-corrected chi connectivity index (χ1v) is 12.6. The Balaban J connectivity index is 1.08. The minimum atomic E-state index is -0.344. The van der Waals surface area contributed by atoms with Crippen LogP contribution >= 0.6 is 0 Å². The maximum absolute atomic E-state index is 11.9. The summed E-state index contributed by atoms with van der Waals surface area (Å²) < 4.78 is 7.84. The fourth-order valence-corrected chi connectivity index (χ4v) is 5.28. The smallest absolute Gasteiger partial charge is 0.407 e. The summed E-state index contributed by atoms with van der Waals surface area (Å²) in [6.07, 6.45) is 4.03. The van der Waals surface area contributed by atoms with Gasteiger partial charge < -0.3 is 24.8 Å². The highest BCUT2D eigenvalue weighted by atomic mass is 16.5. The lowest BCUT2D eigenvalue weighted by Crippen LogP contribution is -2.37. The standard InChI is InChI=1S/C27H35N5O2/c33-27(34-20-21-7-2-1-3-8-21)29-14-6-16-31-17-12-23(13-18-31)32-25-10-5-4-9-24(25)30-26(32)22-11-15-28-19-22/h1-5,7-10,22-23,28H,6,11-20H2,(H,29,33). The number of fused-ring (bicyclic) bond motifs is 1. The fourth-order valence-electron chi connectivity index (χ4n) is 5.28. The molecule has 2 aliphatic rings. The maximum atomic E-state index is 11.9. The van der Waals surface area contributed by atoms with Gasteiger partial charge in [-0.2, -0.15) is 0 Å². The normalized spacial score (nSPS) is 19.5. The first-order chi connectivity index (χ1) is 16.8. The molecular weight excluding hydrogens is 426 g/mol. The number of nitrogens with one attached hydrogen (secondary N) is 2. The summed E-state index contributed by atoms with van der Waals surface area (Å²) in [7, 11) is 0. The van der Waals surface area contributed by atoms with Gasteiger partial charge in [-0.15, -0.1) is 0 Å². The fraction of sp³-hybridized carbons (Fsp3) is 0.481. The van der Waals surface area contributed by atoms with Crippen molar-refractivity contribution in [3.63, 3.8) is 0 Å². The van der Waals surface area contributed by atoms with E-state index in [1.54, 1.807) is 0 Å². The van der Waals surface area contributed by atoms with Gasteiger partial charge in [0, 0.05) is 38.1 Å². The largest absolute Gasteiger partial charge is 0.445 e. The summed E-state index contributed by atoms with van der Waals surface area (Å²) in [6.45, 7) is 6.22. The molecule has 0 saturated carbocycles. The Labute approximate surface area is 201 Å². The SMILES string of the molecule is O=C(NCCCN1CCC(n2c(C3CCNC3)nc3ccccc32)CC1)OCc1ccccc1. The van der Waals surface area contributed by atoms with Crippen molar-refractivity contribution in [2.45, 2.75) is 44.2 Å². The van der Waals surface area contributed by atoms with Crippen molar-refractivity contribution < 1.29 is 9.53 Å². The molecule has 3 heterocycles. The average molecular weight is 462 g/mol. The molecule has 2 N–H and O–H groups in total. The molecule has 1 unspecified atom stereocenters. The van der Waals surface area contributed by atoms with E-state index in [4.69, 9.17) is 9.72 Å². The van der Waals surface area contributed by atoms with E-state index in [0.29, 0.717) is 25.1 Å². The number of hydrogen-bond donors (Lipinski definition) is 2. The summed E-state index contributed by atoms with van der Waals surface area (Å²) in [4.78, 5) is 19.5. The first kappa shape index (κ1) is 22.9. The van der Waals surface area contributed by atoms with E-state index in [-0.39, 0.29) is 6.09 Å². The van der Waals surface area contributed by atoms with Crippen molar-refractivity contribution in [3.8, 4) is 0 Å². The zero-order valence-electron chi connectivity index (χ0n) is 19.8. The van der Waals surface area contributed by atoms with Gasteiger partial charge in [-0.3, -0.25) is 0 Å². The highest BCUT2D eigenvalue weighted by molar-refractivity contribution is 5.76. The molecule has 0 bridgehead atoms. The maximum Gasteiger partial charge on any atom is 0.407 e. The van der Waals surface area contributed by atoms with Gasteiger partial charge in [-0.05, 0) is 56.5 Å². The van der Waals surface area contributed by atoms with Crippen LogP contribution in [0.3, 0.4) is 0 Å². The van der Waals surface area contributed by atoms with Gasteiger partial charge in [-0.25, -0.2) is 9.78 Å². The Morgan fingerprint density at radius 2 is 1.85 bits per heavy atom. The van der Waals surface area contributed by atoms with E-state index in [9.17, 15) is 4.79 Å². The first-order valence-electron chi connectivity index (χ1n) is 12.6. The summed E-state index contributed by atoms with van der Waals surface area (Å²) in [5.41, 5.74) is 3.40. The number of aromatic nitrogens is 2. The van der Waals surface area contributed by atoms with E-state index in [1.807, 2.05) is 30.3 Å². The molecule has 3 aromatic rings. The van der Waals surface area contributed by atoms with Crippen LogP contribution in [0.25, 0.3) is 11.0 Å². The number of alkyl carbamates (subject to hydrolysis) is 1. The molecule has 5 rings (SSSR count). The molecule has 7 nitrogen and oxygen atoms in total. The topological polar surface area (TPSA) is 71.4 Å². The molecule has 2 saturated heterocycles. The highest BCUT2D eigenvalue weighted by Crippen LogP contribution is 2.33. The number of carbonyl (C=O) groups is 1. The van der Waals surface area contributed by atoms with Crippen molar-refractivity contribution in [1.82, 2.24) is 25.1 Å². The Bertz CT molecular complexity index is 1070. The highest BCUT2D eigenvalue weighted by Gasteiger charge is 2.29. The number of para-hydroxylation sites is 2. The molecule has 1 aromatic heterocycles. The predicted molar refractivity (Wildman–Crippen MR) is 134 cm³/mol. The van der Waals surface area contributed by atoms with Gasteiger partial charge in [0.1, 0.15) is 12.4 Å². The summed E-state index contributed by atoms with van der Waals surface area (Å²) in [5, 5.41) is 6.38. The lowest BCUT2D eigenvalue weighted by Gasteiger charge is -2.34. The Hall–Kier alpha value is -2.90. The zero-order chi connectivity index (χ0) is 23.2. The Morgan fingerprint density at radius 3 is 2.65 bits per heavy atom. The van der Waals surface area contributed by atoms with Crippen LogP contribution in [-0.4, -0.2) is 59.8 Å². The van der Waals surface area contributed by atoms with E-state index in [0.717, 1.165) is 63.1 Å². The van der Waals surface area contributed by atoms with Crippen molar-refractivity contribution in [2.24, 2.45) is 0 Å². The molecule has 1 amide bonds. The average Bonchev–Trinajstić information content (AvgIpc) is 3.54. The van der Waals surface area contributed by atoms with Crippen molar-refractivity contribution >= 4 is 17.1 Å². The second kappa shape index (κ2) is 11.0. The molecule has 2 aromatic carbocycles. The number of hydrogen-bond acceptors (Lipinski definition) is 5. The van der Waals surface area contributed by atoms with Crippen LogP contribution in [0.1, 0.15) is 49.0 Å². The predicted octanol–water partition coefficient (Wildman–Crippen LogP) is 4.07. The van der Waals surface area contributed by atoms with Crippen molar-refractivity contribution in [1.29, 1.82) is 0 Å². The zero-order valence-corrected chi connectivity index (χ0v) is 19.8. The molecule has 0 spiro atoms. The van der Waals surface area contributed by atoms with Crippen LogP contribution in [0, 0.1) is 0 Å². The number of benzene rings is 2. The van der Waals surface area contributed by atoms with E-state index in [2.05, 4.69) is 44.4 Å². The molecule has 7 heteroatoms. The molecule has 0 aliphatic carbocycles. The number of ether oxygens (including phenoxy) is 1. The number of carbonyl (C=O) groups excluding carboxylic acids is 1. The van der Waals surface area contributed by atoms with E-state index >= 15 is 0 Å². The van der Waals surface area contributed by atoms with Crippen molar-refractivity contribution in [3.05, 3.63) is 66.0 Å². The lowest BCUT2D eigenvalue weighted by atomic mass is 10.0. The minimum Gasteiger partial charge on any atom is -0.445 e. The number of nitrogens with zero attached hydrogens (tertiary/aromatic N) is 3. The van der Waals surface area contributed by atoms with Gasteiger partial charge >= 0.3 is 6.09 Å². The van der Waals surface area contributed by atoms with Crippen LogP contribution in [0.4, 0.5) is 4.79 Å². The summed E-state index contributed by atoms with van der Waals surface area (Å²) in [6, 6.07) is 18.8. The second-order valence-corrected chi connectivity index (χ2v) is 9.43. The molecular formula is C27H35N5O2.